The fourth-order valence-electron chi connectivity index (χ4n) is 1.38. The Labute approximate surface area is 114 Å². The number of halogens is 3. The van der Waals surface area contributed by atoms with Gasteiger partial charge in [-0.25, -0.2) is 13.4 Å². The maximum absolute atomic E-state index is 12.5. The molecule has 1 rings (SSSR count). The number of hydrogen-bond acceptors (Lipinski definition) is 5. The van der Waals surface area contributed by atoms with Crippen LogP contribution in [0.3, 0.4) is 0 Å². The van der Waals surface area contributed by atoms with Gasteiger partial charge in [0.25, 0.3) is 0 Å². The summed E-state index contributed by atoms with van der Waals surface area (Å²) in [4.78, 5) is 3.34. The van der Waals surface area contributed by atoms with Crippen LogP contribution in [0.4, 0.5) is 19.0 Å². The molecule has 0 aliphatic rings. The number of aromatic nitrogens is 1. The summed E-state index contributed by atoms with van der Waals surface area (Å²) in [6.07, 6.45) is -3.32. The molecule has 5 nitrogen and oxygen atoms in total. The average Bonchev–Trinajstić information content (AvgIpc) is 2.32. The van der Waals surface area contributed by atoms with Crippen LogP contribution in [0.1, 0.15) is 17.7 Å². The van der Waals surface area contributed by atoms with Gasteiger partial charge in [0, 0.05) is 12.8 Å². The van der Waals surface area contributed by atoms with Crippen LogP contribution in [0.15, 0.2) is 12.1 Å². The van der Waals surface area contributed by atoms with Gasteiger partial charge in [-0.1, -0.05) is 0 Å². The minimum Gasteiger partial charge on any atom is -0.369 e. The van der Waals surface area contributed by atoms with Gasteiger partial charge in [-0.3, -0.25) is 0 Å². The first-order valence-corrected chi connectivity index (χ1v) is 7.59. The first-order chi connectivity index (χ1) is 9.13. The van der Waals surface area contributed by atoms with E-state index >= 15 is 0 Å². The van der Waals surface area contributed by atoms with Crippen LogP contribution in [0.5, 0.6) is 0 Å². The Balaban J connectivity index is 2.80. The summed E-state index contributed by atoms with van der Waals surface area (Å²) in [5.41, 5.74) is -1.14. The zero-order valence-corrected chi connectivity index (χ0v) is 11.3. The van der Waals surface area contributed by atoms with Crippen LogP contribution in [0.25, 0.3) is 0 Å². The lowest BCUT2D eigenvalue weighted by molar-refractivity contribution is -0.141. The number of nitrogens with zero attached hydrogens (tertiary/aromatic N) is 2. The zero-order chi connectivity index (χ0) is 15.4. The number of nitrogens with one attached hydrogen (secondary N) is 1. The standard InChI is InChI=1S/C11H12F3N3O2S/c1-20(18,19)6-2-5-16-10-8(7-15)3-4-9(17-10)11(12,13)14/h3-4H,2,5-6H2,1H3,(H,16,17). The van der Waals surface area contributed by atoms with Crippen molar-refractivity contribution in [1.29, 1.82) is 5.26 Å². The van der Waals surface area contributed by atoms with Crippen molar-refractivity contribution in [2.75, 3.05) is 23.9 Å². The second-order valence-electron chi connectivity index (χ2n) is 4.11. The Morgan fingerprint density at radius 2 is 2.05 bits per heavy atom. The Kier molecular flexibility index (Phi) is 4.94. The molecule has 0 unspecified atom stereocenters. The number of pyridine rings is 1. The van der Waals surface area contributed by atoms with Gasteiger partial charge >= 0.3 is 6.18 Å². The number of anilines is 1. The van der Waals surface area contributed by atoms with Gasteiger partial charge in [-0.15, -0.1) is 0 Å². The summed E-state index contributed by atoms with van der Waals surface area (Å²) in [5.74, 6) is -0.295. The normalized spacial score (nSPS) is 11.9. The van der Waals surface area contributed by atoms with Crippen molar-refractivity contribution in [2.45, 2.75) is 12.6 Å². The van der Waals surface area contributed by atoms with Crippen molar-refractivity contribution < 1.29 is 21.6 Å². The lowest BCUT2D eigenvalue weighted by atomic mass is 10.2. The Morgan fingerprint density at radius 1 is 1.40 bits per heavy atom. The van der Waals surface area contributed by atoms with E-state index in [4.69, 9.17) is 5.26 Å². The fourth-order valence-corrected chi connectivity index (χ4v) is 2.05. The van der Waals surface area contributed by atoms with Gasteiger partial charge in [0.05, 0.1) is 11.3 Å². The van der Waals surface area contributed by atoms with E-state index < -0.39 is 21.7 Å². The predicted octanol–water partition coefficient (Wildman–Crippen LogP) is 1.82. The number of hydrogen-bond donors (Lipinski definition) is 1. The summed E-state index contributed by atoms with van der Waals surface area (Å²) in [6.45, 7) is 0.107. The molecule has 0 spiro atoms. The highest BCUT2D eigenvalue weighted by atomic mass is 32.2. The molecule has 110 valence electrons. The number of rotatable bonds is 5. The second-order valence-corrected chi connectivity index (χ2v) is 6.37. The highest BCUT2D eigenvalue weighted by Gasteiger charge is 2.33. The van der Waals surface area contributed by atoms with E-state index in [1.165, 1.54) is 0 Å². The highest BCUT2D eigenvalue weighted by molar-refractivity contribution is 7.90. The van der Waals surface area contributed by atoms with Crippen LogP contribution < -0.4 is 5.32 Å². The fraction of sp³-hybridized carbons (Fsp3) is 0.455. The molecule has 1 heterocycles. The summed E-state index contributed by atoms with van der Waals surface area (Å²) in [7, 11) is -3.13. The molecule has 1 aromatic rings. The minimum atomic E-state index is -4.60. The van der Waals surface area contributed by atoms with E-state index in [9.17, 15) is 21.6 Å². The van der Waals surface area contributed by atoms with E-state index in [0.29, 0.717) is 0 Å². The molecule has 0 saturated carbocycles. The van der Waals surface area contributed by atoms with Crippen molar-refractivity contribution in [1.82, 2.24) is 4.98 Å². The summed E-state index contributed by atoms with van der Waals surface area (Å²) in [5, 5.41) is 11.3. The lowest BCUT2D eigenvalue weighted by Crippen LogP contribution is -2.14. The molecular weight excluding hydrogens is 295 g/mol. The van der Waals surface area contributed by atoms with Gasteiger partial charge in [-0.2, -0.15) is 18.4 Å². The Hall–Kier alpha value is -1.82. The van der Waals surface area contributed by atoms with Crippen LogP contribution in [-0.4, -0.2) is 32.0 Å². The molecule has 0 aliphatic heterocycles. The van der Waals surface area contributed by atoms with Crippen molar-refractivity contribution in [3.63, 3.8) is 0 Å². The first-order valence-electron chi connectivity index (χ1n) is 5.53. The van der Waals surface area contributed by atoms with Crippen molar-refractivity contribution in [3.8, 4) is 6.07 Å². The molecule has 0 amide bonds. The smallest absolute Gasteiger partial charge is 0.369 e. The van der Waals surface area contributed by atoms with E-state index in [0.717, 1.165) is 18.4 Å². The van der Waals surface area contributed by atoms with E-state index in [1.807, 2.05) is 0 Å². The van der Waals surface area contributed by atoms with Crippen LogP contribution >= 0.6 is 0 Å². The molecule has 0 atom stereocenters. The van der Waals surface area contributed by atoms with Crippen LogP contribution in [-0.2, 0) is 16.0 Å². The average molecular weight is 307 g/mol. The number of sulfone groups is 1. The number of alkyl halides is 3. The Morgan fingerprint density at radius 3 is 2.55 bits per heavy atom. The molecule has 1 N–H and O–H groups in total. The topological polar surface area (TPSA) is 82.8 Å². The summed E-state index contributed by atoms with van der Waals surface area (Å²) >= 11 is 0. The third-order valence-electron chi connectivity index (χ3n) is 2.29. The van der Waals surface area contributed by atoms with Crippen molar-refractivity contribution >= 4 is 15.7 Å². The van der Waals surface area contributed by atoms with E-state index in [2.05, 4.69) is 10.3 Å². The molecule has 0 bridgehead atoms. The van der Waals surface area contributed by atoms with Gasteiger partial charge in [0.2, 0.25) is 0 Å². The zero-order valence-electron chi connectivity index (χ0n) is 10.5. The SMILES string of the molecule is CS(=O)(=O)CCCNc1nc(C(F)(F)F)ccc1C#N. The monoisotopic (exact) mass is 307 g/mol. The highest BCUT2D eigenvalue weighted by Crippen LogP contribution is 2.29. The van der Waals surface area contributed by atoms with Gasteiger partial charge in [-0.05, 0) is 18.6 Å². The van der Waals surface area contributed by atoms with Crippen LogP contribution in [0, 0.1) is 11.3 Å². The second kappa shape index (κ2) is 6.09. The summed E-state index contributed by atoms with van der Waals surface area (Å²) in [6, 6.07) is 3.47. The molecular formula is C11H12F3N3O2S. The molecule has 0 aliphatic carbocycles. The third kappa shape index (κ3) is 5.05. The number of nitriles is 1. The minimum absolute atomic E-state index is 0.0302. The van der Waals surface area contributed by atoms with Crippen molar-refractivity contribution in [3.05, 3.63) is 23.4 Å². The summed E-state index contributed by atoms with van der Waals surface area (Å²) < 4.78 is 59.3. The molecule has 0 saturated heterocycles. The quantitative estimate of drug-likeness (QED) is 0.839. The van der Waals surface area contributed by atoms with E-state index in [-0.39, 0.29) is 30.1 Å². The molecule has 0 aromatic carbocycles. The van der Waals surface area contributed by atoms with E-state index in [1.54, 1.807) is 6.07 Å². The maximum Gasteiger partial charge on any atom is 0.433 e. The van der Waals surface area contributed by atoms with Crippen molar-refractivity contribution in [2.24, 2.45) is 0 Å². The Bertz CT molecular complexity index is 621. The predicted molar refractivity (Wildman–Crippen MR) is 66.8 cm³/mol. The van der Waals surface area contributed by atoms with Gasteiger partial charge < -0.3 is 5.32 Å². The first kappa shape index (κ1) is 16.2. The molecule has 9 heteroatoms. The largest absolute Gasteiger partial charge is 0.433 e. The molecule has 1 aromatic heterocycles. The molecule has 0 fully saturated rings. The lowest BCUT2D eigenvalue weighted by Gasteiger charge is -2.10. The molecule has 20 heavy (non-hydrogen) atoms. The van der Waals surface area contributed by atoms with Gasteiger partial charge in [0.1, 0.15) is 27.4 Å². The maximum atomic E-state index is 12.5. The third-order valence-corrected chi connectivity index (χ3v) is 3.32. The van der Waals surface area contributed by atoms with Gasteiger partial charge in [0.15, 0.2) is 0 Å². The van der Waals surface area contributed by atoms with Crippen LogP contribution in [0.2, 0.25) is 0 Å². The molecule has 0 radical (unpaired) electrons.